The molecule has 3 heteroatoms. The molecule has 3 heterocycles. The van der Waals surface area contributed by atoms with Gasteiger partial charge in [-0.2, -0.15) is 0 Å². The molecule has 0 radical (unpaired) electrons. The van der Waals surface area contributed by atoms with Crippen molar-refractivity contribution in [2.45, 2.75) is 50.3 Å². The molecule has 3 aliphatic heterocycles. The molecule has 3 nitrogen and oxygen atoms in total. The Morgan fingerprint density at radius 2 is 1.90 bits per heavy atom. The maximum Gasteiger partial charge on any atom is 0.198 e. The van der Waals surface area contributed by atoms with E-state index in [0.29, 0.717) is 0 Å². The molecule has 0 unspecified atom stereocenters. The fourth-order valence-corrected chi connectivity index (χ4v) is 4.25. The Kier molecular flexibility index (Phi) is 3.18. The summed E-state index contributed by atoms with van der Waals surface area (Å²) in [6.07, 6.45) is 7.67. The Bertz CT molecular complexity index is 541. The predicted octanol–water partition coefficient (Wildman–Crippen LogP) is 2.99. The van der Waals surface area contributed by atoms with Gasteiger partial charge in [0.25, 0.3) is 0 Å². The second-order valence-electron chi connectivity index (χ2n) is 6.41. The minimum absolute atomic E-state index is 0.0109. The molecule has 0 spiro atoms. The van der Waals surface area contributed by atoms with Gasteiger partial charge in [0.2, 0.25) is 0 Å². The summed E-state index contributed by atoms with van der Waals surface area (Å²) in [7, 11) is 0. The quantitative estimate of drug-likeness (QED) is 0.865. The molecule has 0 amide bonds. The van der Waals surface area contributed by atoms with E-state index in [1.807, 2.05) is 30.3 Å². The molecule has 0 aromatic heterocycles. The standard InChI is InChI=1S/C18H22O3/c1-2-3-9-14-16-13-10-11-15(20-13)17(16)18(19,21-14)12-7-5-4-6-8-12/h4-8,10-11,13-17,19H,2-3,9H2,1H3/t13-,14+,15+,16-,17+,18+/m0/s1. The van der Waals surface area contributed by atoms with Crippen LogP contribution in [0.5, 0.6) is 0 Å². The highest BCUT2D eigenvalue weighted by molar-refractivity contribution is 5.29. The Morgan fingerprint density at radius 1 is 1.14 bits per heavy atom. The Labute approximate surface area is 125 Å². The molecule has 1 aromatic rings. The van der Waals surface area contributed by atoms with Crippen LogP contribution in [0, 0.1) is 11.8 Å². The number of fused-ring (bicyclic) bond motifs is 5. The lowest BCUT2D eigenvalue weighted by Gasteiger charge is -2.31. The van der Waals surface area contributed by atoms with Gasteiger partial charge >= 0.3 is 0 Å². The SMILES string of the molecule is CCCC[C@H]1O[C@](O)(c2ccccc2)[C@H]2[C@H]1[C@@H]1C=C[C@H]2O1. The summed E-state index contributed by atoms with van der Waals surface area (Å²) in [6.45, 7) is 2.19. The summed E-state index contributed by atoms with van der Waals surface area (Å²) in [5.41, 5.74) is 0.851. The monoisotopic (exact) mass is 286 g/mol. The summed E-state index contributed by atoms with van der Waals surface area (Å²) in [6, 6.07) is 9.78. The molecule has 21 heavy (non-hydrogen) atoms. The lowest BCUT2D eigenvalue weighted by molar-refractivity contribution is -0.233. The van der Waals surface area contributed by atoms with Crippen molar-refractivity contribution < 1.29 is 14.6 Å². The van der Waals surface area contributed by atoms with Crippen molar-refractivity contribution >= 4 is 0 Å². The number of aliphatic hydroxyl groups is 1. The van der Waals surface area contributed by atoms with Crippen LogP contribution >= 0.6 is 0 Å². The Morgan fingerprint density at radius 3 is 2.67 bits per heavy atom. The number of hydrogen-bond donors (Lipinski definition) is 1. The van der Waals surface area contributed by atoms with Gasteiger partial charge in [0.1, 0.15) is 0 Å². The first kappa shape index (κ1) is 13.5. The van der Waals surface area contributed by atoms with Crippen molar-refractivity contribution in [2.75, 3.05) is 0 Å². The first-order chi connectivity index (χ1) is 10.2. The number of unbranched alkanes of at least 4 members (excludes halogenated alkanes) is 1. The van der Waals surface area contributed by atoms with E-state index >= 15 is 0 Å². The number of rotatable bonds is 4. The molecule has 2 fully saturated rings. The molecule has 2 bridgehead atoms. The van der Waals surface area contributed by atoms with Crippen molar-refractivity contribution in [1.82, 2.24) is 0 Å². The Balaban J connectivity index is 1.70. The van der Waals surface area contributed by atoms with Crippen LogP contribution in [0.15, 0.2) is 42.5 Å². The maximum absolute atomic E-state index is 11.3. The highest BCUT2D eigenvalue weighted by Crippen LogP contribution is 2.57. The van der Waals surface area contributed by atoms with Crippen LogP contribution in [-0.4, -0.2) is 23.4 Å². The topological polar surface area (TPSA) is 38.7 Å². The summed E-state index contributed by atoms with van der Waals surface area (Å²) in [4.78, 5) is 0. The lowest BCUT2D eigenvalue weighted by Crippen LogP contribution is -2.38. The summed E-state index contributed by atoms with van der Waals surface area (Å²) in [5.74, 6) is -0.928. The maximum atomic E-state index is 11.3. The fraction of sp³-hybridized carbons (Fsp3) is 0.556. The lowest BCUT2D eigenvalue weighted by atomic mass is 9.75. The van der Waals surface area contributed by atoms with E-state index in [9.17, 15) is 5.11 Å². The van der Waals surface area contributed by atoms with Crippen molar-refractivity contribution in [2.24, 2.45) is 11.8 Å². The van der Waals surface area contributed by atoms with Gasteiger partial charge in [-0.1, -0.05) is 62.2 Å². The van der Waals surface area contributed by atoms with Crippen molar-refractivity contribution in [1.29, 1.82) is 0 Å². The average molecular weight is 286 g/mol. The summed E-state index contributed by atoms with van der Waals surface area (Å²) < 4.78 is 12.2. The highest BCUT2D eigenvalue weighted by Gasteiger charge is 2.64. The molecule has 2 saturated heterocycles. The average Bonchev–Trinajstić information content (AvgIpc) is 3.19. The number of ether oxygens (including phenoxy) is 2. The summed E-state index contributed by atoms with van der Waals surface area (Å²) in [5, 5.41) is 11.3. The van der Waals surface area contributed by atoms with Gasteiger partial charge in [-0.15, -0.1) is 0 Å². The van der Waals surface area contributed by atoms with E-state index in [4.69, 9.17) is 9.47 Å². The van der Waals surface area contributed by atoms with Crippen LogP contribution in [0.25, 0.3) is 0 Å². The van der Waals surface area contributed by atoms with E-state index in [1.54, 1.807) is 0 Å². The zero-order chi connectivity index (χ0) is 14.4. The normalized spacial score (nSPS) is 43.4. The minimum Gasteiger partial charge on any atom is -0.366 e. The van der Waals surface area contributed by atoms with Crippen LogP contribution in [0.3, 0.4) is 0 Å². The number of benzene rings is 1. The van der Waals surface area contributed by atoms with Crippen molar-refractivity contribution in [3.05, 3.63) is 48.0 Å². The summed E-state index contributed by atoms with van der Waals surface area (Å²) >= 11 is 0. The minimum atomic E-state index is -1.21. The first-order valence-electron chi connectivity index (χ1n) is 8.03. The van der Waals surface area contributed by atoms with Gasteiger partial charge in [-0.25, -0.2) is 0 Å². The van der Waals surface area contributed by atoms with Gasteiger partial charge in [-0.3, -0.25) is 0 Å². The number of hydrogen-bond acceptors (Lipinski definition) is 3. The van der Waals surface area contributed by atoms with Crippen LogP contribution in [-0.2, 0) is 15.3 Å². The molecule has 4 rings (SSSR count). The molecule has 112 valence electrons. The second-order valence-corrected chi connectivity index (χ2v) is 6.41. The van der Waals surface area contributed by atoms with Gasteiger partial charge in [0.05, 0.1) is 24.2 Å². The van der Waals surface area contributed by atoms with Crippen LogP contribution in [0.1, 0.15) is 31.7 Å². The Hall–Kier alpha value is -1.16. The second kappa shape index (κ2) is 4.94. The smallest absolute Gasteiger partial charge is 0.198 e. The molecular weight excluding hydrogens is 264 g/mol. The van der Waals surface area contributed by atoms with E-state index in [-0.39, 0.29) is 30.1 Å². The molecule has 1 N–H and O–H groups in total. The van der Waals surface area contributed by atoms with Crippen LogP contribution in [0.2, 0.25) is 0 Å². The van der Waals surface area contributed by atoms with E-state index in [1.165, 1.54) is 0 Å². The third-order valence-corrected chi connectivity index (χ3v) is 5.19. The molecule has 3 aliphatic rings. The van der Waals surface area contributed by atoms with Gasteiger partial charge < -0.3 is 14.6 Å². The van der Waals surface area contributed by atoms with Crippen LogP contribution < -0.4 is 0 Å². The molecule has 0 aliphatic carbocycles. The fourth-order valence-electron chi connectivity index (χ4n) is 4.25. The third kappa shape index (κ3) is 1.91. The van der Waals surface area contributed by atoms with Crippen LogP contribution in [0.4, 0.5) is 0 Å². The molecule has 0 saturated carbocycles. The van der Waals surface area contributed by atoms with Crippen molar-refractivity contribution in [3.63, 3.8) is 0 Å². The molecular formula is C18H22O3. The van der Waals surface area contributed by atoms with E-state index in [2.05, 4.69) is 19.1 Å². The molecule has 1 aromatic carbocycles. The third-order valence-electron chi connectivity index (χ3n) is 5.19. The highest BCUT2D eigenvalue weighted by atomic mass is 16.6. The van der Waals surface area contributed by atoms with Gasteiger partial charge in [0.15, 0.2) is 5.79 Å². The van der Waals surface area contributed by atoms with Crippen molar-refractivity contribution in [3.8, 4) is 0 Å². The predicted molar refractivity (Wildman–Crippen MR) is 79.5 cm³/mol. The van der Waals surface area contributed by atoms with E-state index < -0.39 is 5.79 Å². The first-order valence-corrected chi connectivity index (χ1v) is 8.03. The van der Waals surface area contributed by atoms with Gasteiger partial charge in [0, 0.05) is 11.5 Å². The van der Waals surface area contributed by atoms with Gasteiger partial charge in [-0.05, 0) is 6.42 Å². The largest absolute Gasteiger partial charge is 0.366 e. The van der Waals surface area contributed by atoms with E-state index in [0.717, 1.165) is 24.8 Å². The zero-order valence-corrected chi connectivity index (χ0v) is 12.3. The molecule has 6 atom stereocenters. The zero-order valence-electron chi connectivity index (χ0n) is 12.3.